The van der Waals surface area contributed by atoms with Crippen LogP contribution >= 0.6 is 0 Å². The Labute approximate surface area is 215 Å². The third-order valence-corrected chi connectivity index (χ3v) is 7.01. The molecular weight excluding hydrogens is 466 g/mol. The molecule has 1 saturated carbocycles. The number of fused-ring (bicyclic) bond motifs is 2. The molecule has 37 heavy (non-hydrogen) atoms. The molecule has 2 N–H and O–H groups in total. The number of para-hydroxylation sites is 1. The van der Waals surface area contributed by atoms with Crippen molar-refractivity contribution in [2.45, 2.75) is 39.2 Å². The average molecular weight is 496 g/mol. The van der Waals surface area contributed by atoms with Crippen LogP contribution in [-0.2, 0) is 9.59 Å². The molecule has 3 aromatic rings. The molecule has 0 unspecified atom stereocenters. The van der Waals surface area contributed by atoms with E-state index in [1.54, 1.807) is 42.5 Å². The molecule has 2 aliphatic carbocycles. The fourth-order valence-electron chi connectivity index (χ4n) is 4.91. The SMILES string of the molecule is Cc1cccc(C)c1NC(=O)CN(CCC(=O)Nc1cccc2c1C(=O)c1ccccc1C2=O)C1CC1. The number of aryl methyl sites for hydroxylation is 2. The lowest BCUT2D eigenvalue weighted by atomic mass is 9.83. The van der Waals surface area contributed by atoms with E-state index in [2.05, 4.69) is 10.6 Å². The third-order valence-electron chi connectivity index (χ3n) is 7.01. The molecule has 0 saturated heterocycles. The van der Waals surface area contributed by atoms with Gasteiger partial charge in [0.2, 0.25) is 11.8 Å². The van der Waals surface area contributed by atoms with Gasteiger partial charge in [0.1, 0.15) is 0 Å². The van der Waals surface area contributed by atoms with E-state index >= 15 is 0 Å². The van der Waals surface area contributed by atoms with Gasteiger partial charge in [-0.3, -0.25) is 24.1 Å². The molecule has 0 aromatic heterocycles. The molecule has 0 aliphatic heterocycles. The summed E-state index contributed by atoms with van der Waals surface area (Å²) in [4.78, 5) is 53.9. The number of nitrogens with zero attached hydrogens (tertiary/aromatic N) is 1. The Bertz CT molecular complexity index is 1400. The second-order valence-corrected chi connectivity index (χ2v) is 9.75. The Hall–Kier alpha value is -4.10. The van der Waals surface area contributed by atoms with Gasteiger partial charge in [-0.15, -0.1) is 0 Å². The largest absolute Gasteiger partial charge is 0.325 e. The zero-order chi connectivity index (χ0) is 26.1. The second kappa shape index (κ2) is 10.1. The fraction of sp³-hybridized carbons (Fsp3) is 0.267. The molecule has 3 aromatic carbocycles. The Morgan fingerprint density at radius 1 is 0.784 bits per heavy atom. The number of benzene rings is 3. The Balaban J connectivity index is 1.24. The van der Waals surface area contributed by atoms with Gasteiger partial charge in [0.05, 0.1) is 17.8 Å². The minimum atomic E-state index is -0.274. The molecule has 0 spiro atoms. The number of ketones is 2. The standard InChI is InChI=1S/C30H29N3O4/c1-18-7-5-8-19(2)28(18)32-26(35)17-33(20-13-14-20)16-15-25(34)31-24-12-6-11-23-27(24)30(37)22-10-4-3-9-21(22)29(23)36/h3-12,20H,13-17H2,1-2H3,(H,31,34)(H,32,35). The first-order valence-electron chi connectivity index (χ1n) is 12.5. The van der Waals surface area contributed by atoms with Crippen molar-refractivity contribution < 1.29 is 19.2 Å². The third kappa shape index (κ3) is 5.08. The number of carbonyl (C=O) groups excluding carboxylic acids is 4. The first kappa shape index (κ1) is 24.6. The van der Waals surface area contributed by atoms with E-state index in [1.165, 1.54) is 0 Å². The average Bonchev–Trinajstić information content (AvgIpc) is 3.73. The maximum Gasteiger partial charge on any atom is 0.238 e. The van der Waals surface area contributed by atoms with E-state index in [4.69, 9.17) is 0 Å². The number of nitrogens with one attached hydrogen (secondary N) is 2. The molecule has 188 valence electrons. The molecular formula is C30H29N3O4. The van der Waals surface area contributed by atoms with Crippen LogP contribution in [0.5, 0.6) is 0 Å². The minimum absolute atomic E-state index is 0.107. The number of carbonyl (C=O) groups is 4. The molecule has 7 heteroatoms. The van der Waals surface area contributed by atoms with Crippen LogP contribution < -0.4 is 10.6 Å². The van der Waals surface area contributed by atoms with Crippen molar-refractivity contribution in [2.75, 3.05) is 23.7 Å². The minimum Gasteiger partial charge on any atom is -0.325 e. The number of hydrogen-bond donors (Lipinski definition) is 2. The van der Waals surface area contributed by atoms with E-state index < -0.39 is 0 Å². The molecule has 1 fully saturated rings. The van der Waals surface area contributed by atoms with E-state index in [0.717, 1.165) is 29.7 Å². The number of rotatable bonds is 8. The summed E-state index contributed by atoms with van der Waals surface area (Å²) in [7, 11) is 0. The maximum atomic E-state index is 13.2. The van der Waals surface area contributed by atoms with Gasteiger partial charge in [0.15, 0.2) is 11.6 Å². The lowest BCUT2D eigenvalue weighted by molar-refractivity contribution is -0.119. The summed E-state index contributed by atoms with van der Waals surface area (Å²) in [6, 6.07) is 17.8. The van der Waals surface area contributed by atoms with Gasteiger partial charge in [0.25, 0.3) is 0 Å². The normalized spacial score (nSPS) is 14.2. The molecule has 0 radical (unpaired) electrons. The highest BCUT2D eigenvalue weighted by atomic mass is 16.2. The van der Waals surface area contributed by atoms with Crippen LogP contribution in [0.25, 0.3) is 0 Å². The van der Waals surface area contributed by atoms with Crippen LogP contribution in [0.4, 0.5) is 11.4 Å². The smallest absolute Gasteiger partial charge is 0.238 e. The first-order chi connectivity index (χ1) is 17.8. The van der Waals surface area contributed by atoms with Crippen LogP contribution in [0.2, 0.25) is 0 Å². The van der Waals surface area contributed by atoms with Crippen molar-refractivity contribution in [3.8, 4) is 0 Å². The summed E-state index contributed by atoms with van der Waals surface area (Å²) < 4.78 is 0. The highest BCUT2D eigenvalue weighted by Gasteiger charge is 2.33. The molecule has 7 nitrogen and oxygen atoms in total. The monoisotopic (exact) mass is 495 g/mol. The fourth-order valence-corrected chi connectivity index (χ4v) is 4.91. The summed E-state index contributed by atoms with van der Waals surface area (Å²) in [5.41, 5.74) is 4.42. The predicted octanol–water partition coefficient (Wildman–Crippen LogP) is 4.51. The van der Waals surface area contributed by atoms with Gasteiger partial charge < -0.3 is 10.6 Å². The van der Waals surface area contributed by atoms with Gasteiger partial charge in [-0.2, -0.15) is 0 Å². The van der Waals surface area contributed by atoms with E-state index in [9.17, 15) is 19.2 Å². The molecule has 0 bridgehead atoms. The van der Waals surface area contributed by atoms with Gasteiger partial charge in [-0.1, -0.05) is 54.6 Å². The summed E-state index contributed by atoms with van der Waals surface area (Å²) in [5, 5.41) is 5.86. The Morgan fingerprint density at radius 2 is 1.41 bits per heavy atom. The quantitative estimate of drug-likeness (QED) is 0.375. The maximum absolute atomic E-state index is 13.2. The number of hydrogen-bond acceptors (Lipinski definition) is 5. The van der Waals surface area contributed by atoms with Gasteiger partial charge in [0, 0.05) is 41.4 Å². The van der Waals surface area contributed by atoms with Crippen molar-refractivity contribution in [2.24, 2.45) is 0 Å². The van der Waals surface area contributed by atoms with Gasteiger partial charge in [-0.05, 0) is 43.9 Å². The topological polar surface area (TPSA) is 95.6 Å². The molecule has 2 amide bonds. The number of amides is 2. The molecule has 0 atom stereocenters. The second-order valence-electron chi connectivity index (χ2n) is 9.75. The number of anilines is 2. The molecule has 2 aliphatic rings. The van der Waals surface area contributed by atoms with Crippen molar-refractivity contribution >= 4 is 34.8 Å². The predicted molar refractivity (Wildman–Crippen MR) is 142 cm³/mol. The van der Waals surface area contributed by atoms with E-state index in [1.807, 2.05) is 36.9 Å². The van der Waals surface area contributed by atoms with Crippen molar-refractivity contribution in [3.63, 3.8) is 0 Å². The van der Waals surface area contributed by atoms with Crippen LogP contribution in [0.15, 0.2) is 60.7 Å². The lowest BCUT2D eigenvalue weighted by Crippen LogP contribution is -2.37. The first-order valence-corrected chi connectivity index (χ1v) is 12.5. The summed E-state index contributed by atoms with van der Waals surface area (Å²) in [6.07, 6.45) is 2.16. The zero-order valence-corrected chi connectivity index (χ0v) is 21.0. The van der Waals surface area contributed by atoms with Gasteiger partial charge >= 0.3 is 0 Å². The van der Waals surface area contributed by atoms with Crippen molar-refractivity contribution in [1.29, 1.82) is 0 Å². The van der Waals surface area contributed by atoms with Crippen molar-refractivity contribution in [1.82, 2.24) is 4.90 Å². The van der Waals surface area contributed by atoms with E-state index in [-0.39, 0.29) is 48.0 Å². The Kier molecular flexibility index (Phi) is 6.72. The summed E-state index contributed by atoms with van der Waals surface area (Å²) >= 11 is 0. The molecule has 0 heterocycles. The van der Waals surface area contributed by atoms with E-state index in [0.29, 0.717) is 28.9 Å². The van der Waals surface area contributed by atoms with Crippen LogP contribution in [0.1, 0.15) is 62.2 Å². The Morgan fingerprint density at radius 3 is 2.08 bits per heavy atom. The highest BCUT2D eigenvalue weighted by Crippen LogP contribution is 2.32. The molecule has 5 rings (SSSR count). The van der Waals surface area contributed by atoms with Gasteiger partial charge in [-0.25, -0.2) is 0 Å². The van der Waals surface area contributed by atoms with Crippen LogP contribution in [-0.4, -0.2) is 47.4 Å². The van der Waals surface area contributed by atoms with Crippen LogP contribution in [0, 0.1) is 13.8 Å². The lowest BCUT2D eigenvalue weighted by Gasteiger charge is -2.23. The van der Waals surface area contributed by atoms with Crippen LogP contribution in [0.3, 0.4) is 0 Å². The summed E-state index contributed by atoms with van der Waals surface area (Å²) in [6.45, 7) is 4.55. The summed E-state index contributed by atoms with van der Waals surface area (Å²) in [5.74, 6) is -0.877. The highest BCUT2D eigenvalue weighted by molar-refractivity contribution is 6.30. The zero-order valence-electron chi connectivity index (χ0n) is 21.0. The van der Waals surface area contributed by atoms with Crippen molar-refractivity contribution in [3.05, 3.63) is 94.0 Å².